The molecule has 124 valence electrons. The molecule has 7 nitrogen and oxygen atoms in total. The smallest absolute Gasteiger partial charge is 0.326 e. The van der Waals surface area contributed by atoms with Crippen molar-refractivity contribution in [2.45, 2.75) is 25.3 Å². The number of halogens is 2. The van der Waals surface area contributed by atoms with Gasteiger partial charge >= 0.3 is 5.97 Å². The predicted octanol–water partition coefficient (Wildman–Crippen LogP) is 1.38. The molecule has 9 heteroatoms. The van der Waals surface area contributed by atoms with Crippen LogP contribution in [0.5, 0.6) is 0 Å². The van der Waals surface area contributed by atoms with Crippen LogP contribution >= 0.6 is 31.9 Å². The van der Waals surface area contributed by atoms with Gasteiger partial charge in [-0.3, -0.25) is 19.3 Å². The molecule has 0 radical (unpaired) electrons. The van der Waals surface area contributed by atoms with Crippen LogP contribution < -0.4 is 0 Å². The van der Waals surface area contributed by atoms with Crippen molar-refractivity contribution in [3.8, 4) is 0 Å². The lowest BCUT2D eigenvalue weighted by molar-refractivity contribution is -0.153. The Labute approximate surface area is 149 Å². The zero-order valence-electron chi connectivity index (χ0n) is 12.0. The average molecular weight is 450 g/mol. The van der Waals surface area contributed by atoms with E-state index in [1.165, 1.54) is 0 Å². The lowest BCUT2D eigenvalue weighted by Crippen LogP contribution is -2.45. The third-order valence-electron chi connectivity index (χ3n) is 3.65. The van der Waals surface area contributed by atoms with Crippen LogP contribution in [0.15, 0.2) is 21.1 Å². The van der Waals surface area contributed by atoms with Crippen LogP contribution in [0, 0.1) is 0 Å². The lowest BCUT2D eigenvalue weighted by Gasteiger charge is -2.23. The van der Waals surface area contributed by atoms with Crippen molar-refractivity contribution in [2.24, 2.45) is 0 Å². The molecule has 2 rings (SSSR count). The van der Waals surface area contributed by atoms with E-state index in [1.54, 1.807) is 11.0 Å². The fraction of sp³-hybridized carbons (Fsp3) is 0.429. The number of unbranched alkanes of at least 4 members (excludes halogenated alkanes) is 1. The first kappa shape index (κ1) is 17.9. The topological polar surface area (TPSA) is 95.0 Å². The summed E-state index contributed by atoms with van der Waals surface area (Å²) < 4.78 is 0.595. The Morgan fingerprint density at radius 2 is 1.87 bits per heavy atom. The van der Waals surface area contributed by atoms with E-state index in [9.17, 15) is 24.3 Å². The van der Waals surface area contributed by atoms with Gasteiger partial charge in [-0.2, -0.15) is 0 Å². The summed E-state index contributed by atoms with van der Waals surface area (Å²) >= 11 is 6.10. The van der Waals surface area contributed by atoms with E-state index >= 15 is 0 Å². The Morgan fingerprint density at radius 1 is 1.17 bits per heavy atom. The van der Waals surface area contributed by atoms with Crippen LogP contribution in [-0.2, 0) is 19.2 Å². The molecule has 2 aliphatic heterocycles. The fourth-order valence-electron chi connectivity index (χ4n) is 2.46. The highest BCUT2D eigenvalue weighted by Gasteiger charge is 2.38. The molecule has 1 N–H and O–H groups in total. The summed E-state index contributed by atoms with van der Waals surface area (Å²) in [6, 6.07) is -1.19. The molecule has 0 unspecified atom stereocenters. The predicted molar refractivity (Wildman–Crippen MR) is 87.7 cm³/mol. The van der Waals surface area contributed by atoms with Crippen molar-refractivity contribution < 1.29 is 24.3 Å². The molecule has 2 aliphatic rings. The van der Waals surface area contributed by atoms with Gasteiger partial charge in [0.25, 0.3) is 17.7 Å². The van der Waals surface area contributed by atoms with Crippen molar-refractivity contribution >= 4 is 55.6 Å². The van der Waals surface area contributed by atoms with E-state index in [4.69, 9.17) is 0 Å². The number of nitrogens with zero attached hydrogens (tertiary/aromatic N) is 2. The van der Waals surface area contributed by atoms with E-state index < -0.39 is 23.8 Å². The summed E-state index contributed by atoms with van der Waals surface area (Å²) in [6.07, 6.45) is 4.07. The minimum Gasteiger partial charge on any atom is -0.480 e. The second-order valence-corrected chi connectivity index (χ2v) is 6.87. The molecule has 0 aromatic carbocycles. The first-order valence-electron chi connectivity index (χ1n) is 6.95. The highest BCUT2D eigenvalue weighted by Crippen LogP contribution is 2.23. The normalized spacial score (nSPS) is 19.3. The number of aliphatic carboxylic acids is 1. The summed E-state index contributed by atoms with van der Waals surface area (Å²) in [4.78, 5) is 49.0. The molecule has 0 aromatic rings. The van der Waals surface area contributed by atoms with E-state index in [2.05, 4.69) is 31.9 Å². The maximum atomic E-state index is 11.8. The molecular weight excluding hydrogens is 436 g/mol. The Hall–Kier alpha value is -1.48. The summed E-state index contributed by atoms with van der Waals surface area (Å²) in [5.74, 6) is -2.57. The van der Waals surface area contributed by atoms with Crippen LogP contribution in [0.25, 0.3) is 0 Å². The molecule has 0 aliphatic carbocycles. The fourth-order valence-corrected chi connectivity index (χ4v) is 3.24. The SMILES string of the molecule is O=C(O)[C@H](CCCCN1CC=C(Br)C1=O)N1C(=O)C=C(Br)C1=O. The van der Waals surface area contributed by atoms with E-state index in [0.29, 0.717) is 30.4 Å². The molecule has 0 saturated heterocycles. The van der Waals surface area contributed by atoms with Gasteiger partial charge in [0, 0.05) is 19.2 Å². The maximum Gasteiger partial charge on any atom is 0.326 e. The summed E-state index contributed by atoms with van der Waals surface area (Å²) in [5, 5.41) is 9.28. The van der Waals surface area contributed by atoms with Gasteiger partial charge in [0.2, 0.25) is 0 Å². The van der Waals surface area contributed by atoms with Crippen molar-refractivity contribution in [1.29, 1.82) is 0 Å². The van der Waals surface area contributed by atoms with Crippen molar-refractivity contribution in [3.63, 3.8) is 0 Å². The van der Waals surface area contributed by atoms with Crippen LogP contribution in [0.4, 0.5) is 0 Å². The number of hydrogen-bond acceptors (Lipinski definition) is 4. The molecule has 0 spiro atoms. The van der Waals surface area contributed by atoms with Gasteiger partial charge in [0.05, 0.1) is 8.96 Å². The third-order valence-corrected chi connectivity index (χ3v) is 4.88. The number of amides is 3. The standard InChI is InChI=1S/C14H14Br2N2O5/c15-8-4-6-17(12(8)20)5-2-1-3-10(14(22)23)18-11(19)7-9(16)13(18)21/h4,7,10H,1-3,5-6H2,(H,22,23)/t10-/m0/s1. The number of carbonyl (C=O) groups excluding carboxylic acids is 3. The minimum atomic E-state index is -1.22. The number of imide groups is 1. The van der Waals surface area contributed by atoms with Crippen LogP contribution in [0.1, 0.15) is 19.3 Å². The Morgan fingerprint density at radius 3 is 2.35 bits per heavy atom. The molecule has 23 heavy (non-hydrogen) atoms. The lowest BCUT2D eigenvalue weighted by atomic mass is 10.1. The van der Waals surface area contributed by atoms with Gasteiger partial charge in [0.15, 0.2) is 0 Å². The zero-order valence-corrected chi connectivity index (χ0v) is 15.2. The van der Waals surface area contributed by atoms with Crippen molar-refractivity contribution in [2.75, 3.05) is 13.1 Å². The number of hydrogen-bond donors (Lipinski definition) is 1. The van der Waals surface area contributed by atoms with Crippen LogP contribution in [-0.4, -0.2) is 57.7 Å². The molecule has 0 aromatic heterocycles. The zero-order chi connectivity index (χ0) is 17.1. The highest BCUT2D eigenvalue weighted by atomic mass is 79.9. The molecule has 2 heterocycles. The summed E-state index contributed by atoms with van der Waals surface area (Å²) in [7, 11) is 0. The molecule has 0 saturated carbocycles. The minimum absolute atomic E-state index is 0.0624. The first-order valence-corrected chi connectivity index (χ1v) is 8.54. The molecule has 3 amide bonds. The quantitative estimate of drug-likeness (QED) is 0.468. The van der Waals surface area contributed by atoms with Gasteiger partial charge < -0.3 is 10.0 Å². The van der Waals surface area contributed by atoms with Crippen molar-refractivity contribution in [1.82, 2.24) is 9.80 Å². The number of rotatable bonds is 7. The van der Waals surface area contributed by atoms with Crippen LogP contribution in [0.3, 0.4) is 0 Å². The number of carboxylic acid groups (broad SMARTS) is 1. The summed E-state index contributed by atoms with van der Waals surface area (Å²) in [5.41, 5.74) is 0. The highest BCUT2D eigenvalue weighted by molar-refractivity contribution is 9.12. The Balaban J connectivity index is 1.85. The molecular formula is C14H14Br2N2O5. The molecule has 1 atom stereocenters. The van der Waals surface area contributed by atoms with E-state index in [1.807, 2.05) is 0 Å². The van der Waals surface area contributed by atoms with Gasteiger partial charge in [-0.15, -0.1) is 0 Å². The van der Waals surface area contributed by atoms with E-state index in [0.717, 1.165) is 11.0 Å². The van der Waals surface area contributed by atoms with Gasteiger partial charge in [-0.05, 0) is 57.2 Å². The van der Waals surface area contributed by atoms with Crippen molar-refractivity contribution in [3.05, 3.63) is 21.1 Å². The van der Waals surface area contributed by atoms with Gasteiger partial charge in [-0.25, -0.2) is 4.79 Å². The number of carboxylic acids is 1. The Kier molecular flexibility index (Phi) is 5.74. The third kappa shape index (κ3) is 3.89. The Bertz CT molecular complexity index is 629. The largest absolute Gasteiger partial charge is 0.480 e. The second-order valence-electron chi connectivity index (χ2n) is 5.16. The molecule has 0 fully saturated rings. The number of carbonyl (C=O) groups is 4. The van der Waals surface area contributed by atoms with Gasteiger partial charge in [-0.1, -0.05) is 0 Å². The first-order chi connectivity index (χ1) is 10.8. The summed E-state index contributed by atoms with van der Waals surface area (Å²) in [6.45, 7) is 1.03. The maximum absolute atomic E-state index is 11.8. The van der Waals surface area contributed by atoms with Gasteiger partial charge in [0.1, 0.15) is 6.04 Å². The monoisotopic (exact) mass is 448 g/mol. The average Bonchev–Trinajstić information content (AvgIpc) is 2.93. The van der Waals surface area contributed by atoms with E-state index in [-0.39, 0.29) is 16.8 Å². The van der Waals surface area contributed by atoms with Crippen LogP contribution in [0.2, 0.25) is 0 Å². The second kappa shape index (κ2) is 7.39. The molecule has 0 bridgehead atoms.